The van der Waals surface area contributed by atoms with Crippen molar-refractivity contribution in [2.24, 2.45) is 0 Å². The minimum atomic E-state index is -0.128. The number of rotatable bonds is 8. The summed E-state index contributed by atoms with van der Waals surface area (Å²) >= 11 is 0. The van der Waals surface area contributed by atoms with Gasteiger partial charge in [-0.25, -0.2) is 0 Å². The molecular weight excluding hydrogens is 188 g/mol. The van der Waals surface area contributed by atoms with Crippen molar-refractivity contribution in [1.29, 1.82) is 0 Å². The molecule has 0 heterocycles. The maximum Gasteiger partial charge on any atom is 0.0611 e. The zero-order valence-corrected chi connectivity index (χ0v) is 11.0. The molecule has 0 spiro atoms. The van der Waals surface area contributed by atoms with E-state index in [1.165, 1.54) is 0 Å². The lowest BCUT2D eigenvalue weighted by Crippen LogP contribution is -2.48. The number of hydrogen-bond donors (Lipinski definition) is 2. The van der Waals surface area contributed by atoms with E-state index >= 15 is 0 Å². The fourth-order valence-corrected chi connectivity index (χ4v) is 1.82. The van der Waals surface area contributed by atoms with Crippen LogP contribution in [0.1, 0.15) is 41.0 Å². The van der Waals surface area contributed by atoms with E-state index in [0.29, 0.717) is 6.04 Å². The first-order chi connectivity index (χ1) is 6.99. The van der Waals surface area contributed by atoms with Crippen LogP contribution in [0.15, 0.2) is 0 Å². The fourth-order valence-electron chi connectivity index (χ4n) is 1.82. The third kappa shape index (κ3) is 5.50. The van der Waals surface area contributed by atoms with Crippen molar-refractivity contribution in [1.82, 2.24) is 10.2 Å². The van der Waals surface area contributed by atoms with E-state index in [4.69, 9.17) is 0 Å². The highest BCUT2D eigenvalue weighted by atomic mass is 16.3. The van der Waals surface area contributed by atoms with E-state index in [2.05, 4.69) is 44.8 Å². The fraction of sp³-hybridized carbons (Fsp3) is 1.00. The van der Waals surface area contributed by atoms with Crippen LogP contribution in [-0.2, 0) is 0 Å². The predicted molar refractivity (Wildman–Crippen MR) is 66.2 cm³/mol. The minimum absolute atomic E-state index is 0.128. The number of aliphatic hydroxyl groups is 1. The first kappa shape index (κ1) is 14.9. The van der Waals surface area contributed by atoms with Gasteiger partial charge in [-0.05, 0) is 40.3 Å². The van der Waals surface area contributed by atoms with Crippen LogP contribution in [0.5, 0.6) is 0 Å². The lowest BCUT2D eigenvalue weighted by Gasteiger charge is -2.33. The highest BCUT2D eigenvalue weighted by Gasteiger charge is 2.22. The lowest BCUT2D eigenvalue weighted by molar-refractivity contribution is 0.138. The van der Waals surface area contributed by atoms with E-state index in [0.717, 1.165) is 26.1 Å². The highest BCUT2D eigenvalue weighted by Crippen LogP contribution is 2.11. The molecule has 92 valence electrons. The summed E-state index contributed by atoms with van der Waals surface area (Å²) in [6.07, 6.45) is 0.989. The molecule has 1 atom stereocenters. The van der Waals surface area contributed by atoms with Gasteiger partial charge in [0.25, 0.3) is 0 Å². The Kier molecular flexibility index (Phi) is 7.14. The Balaban J connectivity index is 4.08. The van der Waals surface area contributed by atoms with Crippen LogP contribution in [-0.4, -0.2) is 47.8 Å². The zero-order chi connectivity index (χ0) is 11.9. The van der Waals surface area contributed by atoms with Crippen LogP contribution >= 0.6 is 0 Å². The van der Waals surface area contributed by atoms with Crippen LogP contribution in [0, 0.1) is 0 Å². The molecular formula is C12H28N2O. The van der Waals surface area contributed by atoms with Gasteiger partial charge in [-0.3, -0.25) is 0 Å². The summed E-state index contributed by atoms with van der Waals surface area (Å²) in [5.74, 6) is 0. The average molecular weight is 216 g/mol. The quantitative estimate of drug-likeness (QED) is 0.645. The van der Waals surface area contributed by atoms with E-state index in [1.54, 1.807) is 0 Å². The van der Waals surface area contributed by atoms with E-state index < -0.39 is 0 Å². The van der Waals surface area contributed by atoms with Crippen molar-refractivity contribution in [2.45, 2.75) is 52.6 Å². The van der Waals surface area contributed by atoms with Gasteiger partial charge in [-0.15, -0.1) is 0 Å². The van der Waals surface area contributed by atoms with Crippen LogP contribution < -0.4 is 5.32 Å². The molecule has 0 aromatic carbocycles. The van der Waals surface area contributed by atoms with Gasteiger partial charge in [0, 0.05) is 18.1 Å². The summed E-state index contributed by atoms with van der Waals surface area (Å²) in [7, 11) is 0. The van der Waals surface area contributed by atoms with Crippen molar-refractivity contribution in [3.63, 3.8) is 0 Å². The molecule has 0 aliphatic heterocycles. The van der Waals surface area contributed by atoms with Crippen LogP contribution in [0.2, 0.25) is 0 Å². The van der Waals surface area contributed by atoms with Crippen molar-refractivity contribution >= 4 is 0 Å². The third-order valence-corrected chi connectivity index (χ3v) is 3.04. The van der Waals surface area contributed by atoms with Gasteiger partial charge in [0.1, 0.15) is 0 Å². The van der Waals surface area contributed by atoms with Gasteiger partial charge in [-0.2, -0.15) is 0 Å². The van der Waals surface area contributed by atoms with Crippen molar-refractivity contribution < 1.29 is 5.11 Å². The first-order valence-electron chi connectivity index (χ1n) is 6.09. The summed E-state index contributed by atoms with van der Waals surface area (Å²) < 4.78 is 0. The monoisotopic (exact) mass is 216 g/mol. The Bertz CT molecular complexity index is 162. The molecule has 3 nitrogen and oxygen atoms in total. The molecule has 15 heavy (non-hydrogen) atoms. The number of nitrogens with one attached hydrogen (secondary N) is 1. The zero-order valence-electron chi connectivity index (χ0n) is 11.0. The lowest BCUT2D eigenvalue weighted by atomic mass is 9.98. The topological polar surface area (TPSA) is 35.5 Å². The maximum absolute atomic E-state index is 9.36. The molecule has 0 bridgehead atoms. The number of hydrogen-bond acceptors (Lipinski definition) is 3. The van der Waals surface area contributed by atoms with Gasteiger partial charge < -0.3 is 15.3 Å². The molecule has 0 saturated heterocycles. The number of likely N-dealkylation sites (N-methyl/N-ethyl adjacent to an activating group) is 1. The minimum Gasteiger partial charge on any atom is -0.394 e. The van der Waals surface area contributed by atoms with E-state index in [1.807, 2.05) is 0 Å². The molecule has 3 heteroatoms. The molecule has 0 fully saturated rings. The number of nitrogens with zero attached hydrogens (tertiary/aromatic N) is 1. The molecule has 0 saturated carbocycles. The molecule has 0 radical (unpaired) electrons. The normalized spacial score (nSPS) is 16.0. The molecule has 0 aliphatic carbocycles. The predicted octanol–water partition coefficient (Wildman–Crippen LogP) is 1.47. The van der Waals surface area contributed by atoms with Crippen LogP contribution in [0.25, 0.3) is 0 Å². The maximum atomic E-state index is 9.36. The Morgan fingerprint density at radius 3 is 2.27 bits per heavy atom. The molecule has 0 aromatic heterocycles. The van der Waals surface area contributed by atoms with Crippen molar-refractivity contribution in [3.05, 3.63) is 0 Å². The second-order valence-electron chi connectivity index (χ2n) is 4.72. The largest absolute Gasteiger partial charge is 0.394 e. The number of aliphatic hydroxyl groups excluding tert-OH is 1. The van der Waals surface area contributed by atoms with E-state index in [-0.39, 0.29) is 12.1 Å². The second kappa shape index (κ2) is 7.20. The van der Waals surface area contributed by atoms with Gasteiger partial charge in [0.15, 0.2) is 0 Å². The molecule has 0 aromatic rings. The molecule has 0 amide bonds. The second-order valence-corrected chi connectivity index (χ2v) is 4.72. The smallest absolute Gasteiger partial charge is 0.0611 e. The van der Waals surface area contributed by atoms with Gasteiger partial charge >= 0.3 is 0 Å². The first-order valence-corrected chi connectivity index (χ1v) is 6.09. The average Bonchev–Trinajstić information content (AvgIpc) is 2.18. The summed E-state index contributed by atoms with van der Waals surface area (Å²) in [4.78, 5) is 2.42. The molecule has 0 rings (SSSR count). The Labute approximate surface area is 94.9 Å². The molecule has 1 unspecified atom stereocenters. The molecule has 0 aliphatic rings. The van der Waals surface area contributed by atoms with Crippen molar-refractivity contribution in [2.75, 3.05) is 26.2 Å². The van der Waals surface area contributed by atoms with Crippen LogP contribution in [0.4, 0.5) is 0 Å². The third-order valence-electron chi connectivity index (χ3n) is 3.04. The van der Waals surface area contributed by atoms with Gasteiger partial charge in [0.05, 0.1) is 6.61 Å². The molecule has 2 N–H and O–H groups in total. The van der Waals surface area contributed by atoms with Gasteiger partial charge in [0.2, 0.25) is 0 Å². The Hall–Kier alpha value is -0.120. The van der Waals surface area contributed by atoms with Gasteiger partial charge in [-0.1, -0.05) is 13.8 Å². The summed E-state index contributed by atoms with van der Waals surface area (Å²) in [6.45, 7) is 14.0. The SMILES string of the molecule is CCNC(C)(CO)CCN(CC)C(C)C. The summed E-state index contributed by atoms with van der Waals surface area (Å²) in [5, 5.41) is 12.7. The van der Waals surface area contributed by atoms with E-state index in [9.17, 15) is 5.11 Å². The van der Waals surface area contributed by atoms with Crippen LogP contribution in [0.3, 0.4) is 0 Å². The van der Waals surface area contributed by atoms with Crippen molar-refractivity contribution in [3.8, 4) is 0 Å². The Morgan fingerprint density at radius 2 is 1.93 bits per heavy atom. The Morgan fingerprint density at radius 1 is 1.33 bits per heavy atom. The standard InChI is InChI=1S/C12H28N2O/c1-6-13-12(5,10-15)8-9-14(7-2)11(3)4/h11,13,15H,6-10H2,1-5H3. The highest BCUT2D eigenvalue weighted by molar-refractivity contribution is 4.83. The summed E-state index contributed by atoms with van der Waals surface area (Å²) in [6, 6.07) is 0.583. The summed E-state index contributed by atoms with van der Waals surface area (Å²) in [5.41, 5.74) is -0.128.